The number of aromatic hydroxyl groups is 1. The molecule has 0 saturated carbocycles. The zero-order chi connectivity index (χ0) is 23.6. The van der Waals surface area contributed by atoms with Gasteiger partial charge in [-0.2, -0.15) is 0 Å². The lowest BCUT2D eigenvalue weighted by atomic mass is 10.0. The van der Waals surface area contributed by atoms with Crippen molar-refractivity contribution in [2.75, 3.05) is 26.7 Å². The first-order valence-electron chi connectivity index (χ1n) is 9.49. The molecule has 0 aliphatic heterocycles. The lowest BCUT2D eigenvalue weighted by molar-refractivity contribution is -0.143. The van der Waals surface area contributed by atoms with Crippen LogP contribution in [-0.2, 0) is 23.9 Å². The van der Waals surface area contributed by atoms with Crippen LogP contribution in [0.15, 0.2) is 36.9 Å². The van der Waals surface area contributed by atoms with Gasteiger partial charge in [-0.1, -0.05) is 18.2 Å². The lowest BCUT2D eigenvalue weighted by Crippen LogP contribution is -2.48. The number of esters is 1. The highest BCUT2D eigenvalue weighted by molar-refractivity contribution is 5.92. The van der Waals surface area contributed by atoms with Gasteiger partial charge in [0.15, 0.2) is 0 Å². The molecule has 0 spiro atoms. The van der Waals surface area contributed by atoms with E-state index in [2.05, 4.69) is 21.9 Å². The summed E-state index contributed by atoms with van der Waals surface area (Å²) in [6.07, 6.45) is 0.641. The minimum Gasteiger partial charge on any atom is -0.508 e. The van der Waals surface area contributed by atoms with Gasteiger partial charge in [0.2, 0.25) is 11.8 Å². The topological polar surface area (TPSA) is 134 Å². The Labute approximate surface area is 181 Å². The largest absolute Gasteiger partial charge is 0.508 e. The maximum absolute atomic E-state index is 12.9. The van der Waals surface area contributed by atoms with E-state index in [9.17, 15) is 24.3 Å². The van der Waals surface area contributed by atoms with Gasteiger partial charge in [-0.3, -0.25) is 14.4 Å². The van der Waals surface area contributed by atoms with Crippen LogP contribution in [-0.4, -0.2) is 66.2 Å². The predicted molar refractivity (Wildman–Crippen MR) is 112 cm³/mol. The fourth-order valence-electron chi connectivity index (χ4n) is 2.51. The van der Waals surface area contributed by atoms with Crippen LogP contribution >= 0.6 is 0 Å². The summed E-state index contributed by atoms with van der Waals surface area (Å²) in [5.74, 6) is -1.92. The van der Waals surface area contributed by atoms with Crippen LogP contribution in [0.3, 0.4) is 0 Å². The molecule has 3 amide bonds. The molecule has 0 fully saturated rings. The van der Waals surface area contributed by atoms with Crippen LogP contribution in [0.2, 0.25) is 0 Å². The molecule has 0 saturated heterocycles. The highest BCUT2D eigenvalue weighted by Crippen LogP contribution is 2.23. The maximum Gasteiger partial charge on any atom is 0.408 e. The Morgan fingerprint density at radius 1 is 1.13 bits per heavy atom. The van der Waals surface area contributed by atoms with Crippen LogP contribution in [0.4, 0.5) is 4.79 Å². The van der Waals surface area contributed by atoms with Gasteiger partial charge in [0.1, 0.15) is 30.5 Å². The number of nitrogens with one attached hydrogen (secondary N) is 2. The number of carbonyl (C=O) groups is 4. The van der Waals surface area contributed by atoms with E-state index >= 15 is 0 Å². The van der Waals surface area contributed by atoms with Crippen LogP contribution in [0, 0.1) is 0 Å². The van der Waals surface area contributed by atoms with Crippen molar-refractivity contribution in [3.05, 3.63) is 42.5 Å². The Kier molecular flexibility index (Phi) is 9.52. The number of amides is 3. The fourth-order valence-corrected chi connectivity index (χ4v) is 2.51. The Morgan fingerprint density at radius 3 is 2.26 bits per heavy atom. The van der Waals surface area contributed by atoms with Crippen molar-refractivity contribution in [3.63, 3.8) is 0 Å². The quantitative estimate of drug-likeness (QED) is 0.393. The predicted octanol–water partition coefficient (Wildman–Crippen LogP) is 1.26. The van der Waals surface area contributed by atoms with Gasteiger partial charge in [0.05, 0.1) is 7.11 Å². The molecule has 31 heavy (non-hydrogen) atoms. The third kappa shape index (κ3) is 8.77. The third-order valence-corrected chi connectivity index (χ3v) is 3.83. The number of hydrogen-bond donors (Lipinski definition) is 3. The average Bonchev–Trinajstić information content (AvgIpc) is 2.69. The lowest BCUT2D eigenvalue weighted by Gasteiger charge is -2.30. The van der Waals surface area contributed by atoms with Crippen LogP contribution < -0.4 is 10.6 Å². The summed E-state index contributed by atoms with van der Waals surface area (Å²) < 4.78 is 9.63. The molecule has 1 unspecified atom stereocenters. The number of benzene rings is 1. The molecule has 0 aliphatic rings. The highest BCUT2D eigenvalue weighted by atomic mass is 16.6. The van der Waals surface area contributed by atoms with Gasteiger partial charge in [0, 0.05) is 6.54 Å². The van der Waals surface area contributed by atoms with Gasteiger partial charge in [-0.25, -0.2) is 4.79 Å². The number of alkyl carbamates (subject to hydrolysis) is 1. The Balaban J connectivity index is 3.10. The molecular weight excluding hydrogens is 406 g/mol. The van der Waals surface area contributed by atoms with E-state index in [-0.39, 0.29) is 12.3 Å². The Morgan fingerprint density at radius 2 is 1.74 bits per heavy atom. The van der Waals surface area contributed by atoms with Crippen molar-refractivity contribution >= 4 is 23.9 Å². The molecule has 170 valence electrons. The second kappa shape index (κ2) is 11.6. The van der Waals surface area contributed by atoms with Crippen LogP contribution in [0.5, 0.6) is 5.75 Å². The molecule has 0 bridgehead atoms. The van der Waals surface area contributed by atoms with Crippen LogP contribution in [0.1, 0.15) is 32.4 Å². The highest BCUT2D eigenvalue weighted by Gasteiger charge is 2.31. The molecule has 3 N–H and O–H groups in total. The number of nitrogens with zero attached hydrogens (tertiary/aromatic N) is 1. The van der Waals surface area contributed by atoms with Crippen molar-refractivity contribution in [2.24, 2.45) is 0 Å². The number of hydrogen-bond acceptors (Lipinski definition) is 7. The van der Waals surface area contributed by atoms with E-state index < -0.39 is 48.6 Å². The molecule has 10 heteroatoms. The summed E-state index contributed by atoms with van der Waals surface area (Å²) >= 11 is 0. The number of ether oxygens (including phenoxy) is 2. The molecule has 10 nitrogen and oxygen atoms in total. The first-order valence-corrected chi connectivity index (χ1v) is 9.49. The third-order valence-electron chi connectivity index (χ3n) is 3.83. The zero-order valence-electron chi connectivity index (χ0n) is 18.1. The van der Waals surface area contributed by atoms with Gasteiger partial charge < -0.3 is 30.1 Å². The maximum atomic E-state index is 12.9. The van der Waals surface area contributed by atoms with E-state index in [1.165, 1.54) is 42.4 Å². The summed E-state index contributed by atoms with van der Waals surface area (Å²) in [4.78, 5) is 50.2. The van der Waals surface area contributed by atoms with E-state index in [1.54, 1.807) is 20.8 Å². The summed E-state index contributed by atoms with van der Waals surface area (Å²) in [7, 11) is 1.18. The van der Waals surface area contributed by atoms with E-state index in [0.29, 0.717) is 5.56 Å². The fraction of sp³-hybridized carbons (Fsp3) is 0.429. The smallest absolute Gasteiger partial charge is 0.408 e. The molecule has 0 aliphatic carbocycles. The standard InChI is InChI=1S/C21H29N3O7/c1-6-11-24(16(26)12-23-20(29)31-21(2,3)4)18(14-7-9-15(25)10-8-14)19(28)22-13-17(27)30-5/h6-10,18,25H,1,11-13H2,2-5H3,(H,22,28)(H,23,29). The minimum atomic E-state index is -1.16. The van der Waals surface area contributed by atoms with Crippen molar-refractivity contribution in [1.82, 2.24) is 15.5 Å². The van der Waals surface area contributed by atoms with Crippen molar-refractivity contribution < 1.29 is 33.8 Å². The second-order valence-corrected chi connectivity index (χ2v) is 7.48. The molecule has 1 atom stereocenters. The van der Waals surface area contributed by atoms with E-state index in [0.717, 1.165) is 0 Å². The number of phenols is 1. The first kappa shape index (κ1) is 25.5. The second-order valence-electron chi connectivity index (χ2n) is 7.48. The number of carbonyl (C=O) groups excluding carboxylic acids is 4. The molecule has 1 aromatic carbocycles. The summed E-state index contributed by atoms with van der Waals surface area (Å²) in [6.45, 7) is 7.82. The van der Waals surface area contributed by atoms with E-state index in [1.807, 2.05) is 0 Å². The summed E-state index contributed by atoms with van der Waals surface area (Å²) in [5, 5.41) is 14.3. The van der Waals surface area contributed by atoms with E-state index in [4.69, 9.17) is 4.74 Å². The minimum absolute atomic E-state index is 0.0218. The van der Waals surface area contributed by atoms with Crippen molar-refractivity contribution in [2.45, 2.75) is 32.4 Å². The molecule has 0 radical (unpaired) electrons. The molecule has 1 rings (SSSR count). The van der Waals surface area contributed by atoms with Crippen molar-refractivity contribution in [3.8, 4) is 5.75 Å². The number of rotatable bonds is 9. The Hall–Kier alpha value is -3.56. The monoisotopic (exact) mass is 435 g/mol. The summed E-state index contributed by atoms with van der Waals surface area (Å²) in [6, 6.07) is 4.53. The normalized spacial score (nSPS) is 11.6. The first-order chi connectivity index (χ1) is 14.5. The SMILES string of the molecule is C=CCN(C(=O)CNC(=O)OC(C)(C)C)C(C(=O)NCC(=O)OC)c1ccc(O)cc1. The van der Waals surface area contributed by atoms with Gasteiger partial charge >= 0.3 is 12.1 Å². The molecule has 1 aromatic rings. The van der Waals surface area contributed by atoms with Crippen molar-refractivity contribution in [1.29, 1.82) is 0 Å². The molecule has 0 heterocycles. The van der Waals surface area contributed by atoms with Gasteiger partial charge in [-0.05, 0) is 38.5 Å². The van der Waals surface area contributed by atoms with Gasteiger partial charge in [-0.15, -0.1) is 6.58 Å². The number of methoxy groups -OCH3 is 1. The number of phenolic OH excluding ortho intramolecular Hbond substituents is 1. The summed E-state index contributed by atoms with van der Waals surface area (Å²) in [5.41, 5.74) is -0.358. The average molecular weight is 435 g/mol. The molecule has 0 aromatic heterocycles. The Bertz CT molecular complexity index is 800. The van der Waals surface area contributed by atoms with Gasteiger partial charge in [0.25, 0.3) is 0 Å². The van der Waals surface area contributed by atoms with Crippen LogP contribution in [0.25, 0.3) is 0 Å². The molecular formula is C21H29N3O7. The zero-order valence-corrected chi connectivity index (χ0v) is 18.1.